The van der Waals surface area contributed by atoms with Crippen molar-refractivity contribution in [2.75, 3.05) is 20.2 Å². The van der Waals surface area contributed by atoms with E-state index >= 15 is 0 Å². The molecule has 1 fully saturated rings. The summed E-state index contributed by atoms with van der Waals surface area (Å²) in [5.74, 6) is -0.736. The lowest BCUT2D eigenvalue weighted by Crippen LogP contribution is -2.40. The second-order valence-corrected chi connectivity index (χ2v) is 7.21. The number of hydrogen-bond acceptors (Lipinski definition) is 4. The minimum absolute atomic E-state index is 0.0540. The van der Waals surface area contributed by atoms with Crippen molar-refractivity contribution in [3.05, 3.63) is 58.3 Å². The van der Waals surface area contributed by atoms with Crippen molar-refractivity contribution in [2.24, 2.45) is 5.92 Å². The van der Waals surface area contributed by atoms with E-state index in [0.717, 1.165) is 4.47 Å². The summed E-state index contributed by atoms with van der Waals surface area (Å²) in [4.78, 5) is 25.8. The lowest BCUT2D eigenvalue weighted by molar-refractivity contribution is -0.146. The molecule has 1 heterocycles. The smallest absolute Gasteiger partial charge is 0.308 e. The summed E-state index contributed by atoms with van der Waals surface area (Å²) in [6.07, 6.45) is 1.09. The van der Waals surface area contributed by atoms with Crippen LogP contribution in [0.15, 0.2) is 46.9 Å². The maximum Gasteiger partial charge on any atom is 0.308 e. The molecular weight excluding hydrogens is 417 g/mol. The van der Waals surface area contributed by atoms with Gasteiger partial charge in [-0.15, -0.1) is 0 Å². The molecule has 5 nitrogen and oxygen atoms in total. The molecule has 27 heavy (non-hydrogen) atoms. The molecule has 7 heteroatoms. The predicted octanol–water partition coefficient (Wildman–Crippen LogP) is 4.41. The van der Waals surface area contributed by atoms with Gasteiger partial charge in [0.05, 0.1) is 13.0 Å². The Bertz CT molecular complexity index is 832. The van der Waals surface area contributed by atoms with Gasteiger partial charge in [0.25, 0.3) is 5.91 Å². The number of halogens is 2. The molecule has 0 saturated carbocycles. The van der Waals surface area contributed by atoms with E-state index in [-0.39, 0.29) is 29.1 Å². The van der Waals surface area contributed by atoms with Crippen LogP contribution in [-0.2, 0) is 9.53 Å². The lowest BCUT2D eigenvalue weighted by Gasteiger charge is -2.30. The molecule has 142 valence electrons. The third-order valence-electron chi connectivity index (χ3n) is 4.54. The highest BCUT2D eigenvalue weighted by atomic mass is 79.9. The zero-order valence-electron chi connectivity index (χ0n) is 14.8. The van der Waals surface area contributed by atoms with Crippen LogP contribution in [0, 0.1) is 11.7 Å². The lowest BCUT2D eigenvalue weighted by atomic mass is 9.96. The third kappa shape index (κ3) is 4.66. The first kappa shape index (κ1) is 19.4. The van der Waals surface area contributed by atoms with E-state index in [1.165, 1.54) is 19.2 Å². The number of likely N-dealkylation sites (tertiary alicyclic amines) is 1. The monoisotopic (exact) mass is 435 g/mol. The van der Waals surface area contributed by atoms with Gasteiger partial charge in [-0.2, -0.15) is 0 Å². The zero-order valence-corrected chi connectivity index (χ0v) is 16.4. The van der Waals surface area contributed by atoms with E-state index in [4.69, 9.17) is 9.47 Å². The molecule has 0 atom stereocenters. The van der Waals surface area contributed by atoms with Crippen LogP contribution in [0.4, 0.5) is 4.39 Å². The molecule has 2 aromatic carbocycles. The first-order valence-electron chi connectivity index (χ1n) is 8.58. The van der Waals surface area contributed by atoms with Crippen molar-refractivity contribution in [1.82, 2.24) is 4.90 Å². The molecule has 0 spiro atoms. The van der Waals surface area contributed by atoms with Crippen molar-refractivity contribution >= 4 is 27.8 Å². The summed E-state index contributed by atoms with van der Waals surface area (Å²) in [6, 6.07) is 11.2. The highest BCUT2D eigenvalue weighted by Gasteiger charge is 2.28. The highest BCUT2D eigenvalue weighted by Crippen LogP contribution is 2.27. The van der Waals surface area contributed by atoms with Crippen molar-refractivity contribution < 1.29 is 23.5 Å². The second kappa shape index (κ2) is 8.52. The van der Waals surface area contributed by atoms with E-state index in [0.29, 0.717) is 31.7 Å². The highest BCUT2D eigenvalue weighted by molar-refractivity contribution is 9.10. The van der Waals surface area contributed by atoms with Gasteiger partial charge < -0.3 is 14.4 Å². The van der Waals surface area contributed by atoms with E-state index in [1.54, 1.807) is 35.2 Å². The van der Waals surface area contributed by atoms with Crippen LogP contribution < -0.4 is 4.74 Å². The fourth-order valence-electron chi connectivity index (χ4n) is 3.01. The van der Waals surface area contributed by atoms with Gasteiger partial charge in [0, 0.05) is 23.1 Å². The Morgan fingerprint density at radius 2 is 1.78 bits per heavy atom. The number of amides is 1. The summed E-state index contributed by atoms with van der Waals surface area (Å²) in [7, 11) is 1.36. The van der Waals surface area contributed by atoms with E-state index < -0.39 is 5.82 Å². The normalized spacial score (nSPS) is 14.7. The molecule has 0 radical (unpaired) electrons. The summed E-state index contributed by atoms with van der Waals surface area (Å²) in [6.45, 7) is 0.884. The molecule has 0 unspecified atom stereocenters. The first-order valence-corrected chi connectivity index (χ1v) is 9.37. The number of rotatable bonds is 4. The van der Waals surface area contributed by atoms with Crippen LogP contribution in [0.1, 0.15) is 23.2 Å². The molecule has 0 N–H and O–H groups in total. The Morgan fingerprint density at radius 3 is 2.37 bits per heavy atom. The summed E-state index contributed by atoms with van der Waals surface area (Å²) >= 11 is 3.33. The average Bonchev–Trinajstić information content (AvgIpc) is 2.70. The molecule has 0 bridgehead atoms. The number of piperidine rings is 1. The first-order chi connectivity index (χ1) is 13.0. The van der Waals surface area contributed by atoms with Gasteiger partial charge in [0.1, 0.15) is 5.75 Å². The van der Waals surface area contributed by atoms with Crippen LogP contribution in [0.3, 0.4) is 0 Å². The van der Waals surface area contributed by atoms with Crippen molar-refractivity contribution in [1.29, 1.82) is 0 Å². The Balaban J connectivity index is 1.65. The second-order valence-electron chi connectivity index (χ2n) is 6.29. The topological polar surface area (TPSA) is 55.8 Å². The van der Waals surface area contributed by atoms with Crippen LogP contribution in [-0.4, -0.2) is 37.0 Å². The number of carbonyl (C=O) groups excluding carboxylic acids is 2. The molecular formula is C20H19BrFNO4. The molecule has 1 saturated heterocycles. The van der Waals surface area contributed by atoms with Gasteiger partial charge in [-0.3, -0.25) is 9.59 Å². The summed E-state index contributed by atoms with van der Waals surface area (Å²) < 4.78 is 25.6. The van der Waals surface area contributed by atoms with Crippen molar-refractivity contribution in [3.63, 3.8) is 0 Å². The van der Waals surface area contributed by atoms with E-state index in [9.17, 15) is 14.0 Å². The molecule has 1 aliphatic heterocycles. The minimum Gasteiger partial charge on any atom is -0.469 e. The maximum atomic E-state index is 14.4. The number of esters is 1. The molecule has 0 aromatic heterocycles. The zero-order chi connectivity index (χ0) is 19.4. The van der Waals surface area contributed by atoms with Crippen molar-refractivity contribution in [3.8, 4) is 11.5 Å². The van der Waals surface area contributed by atoms with Crippen LogP contribution in [0.25, 0.3) is 0 Å². The molecule has 2 aromatic rings. The van der Waals surface area contributed by atoms with Gasteiger partial charge in [-0.1, -0.05) is 15.9 Å². The summed E-state index contributed by atoms with van der Waals surface area (Å²) in [5, 5.41) is 0. The van der Waals surface area contributed by atoms with Gasteiger partial charge in [0.2, 0.25) is 0 Å². The van der Waals surface area contributed by atoms with Crippen LogP contribution in [0.2, 0.25) is 0 Å². The number of nitrogens with zero attached hydrogens (tertiary/aromatic N) is 1. The minimum atomic E-state index is -0.604. The predicted molar refractivity (Wildman–Crippen MR) is 101 cm³/mol. The maximum absolute atomic E-state index is 14.4. The molecule has 0 aliphatic carbocycles. The van der Waals surface area contributed by atoms with Crippen molar-refractivity contribution in [2.45, 2.75) is 12.8 Å². The number of carbonyl (C=O) groups is 2. The number of ether oxygens (including phenoxy) is 2. The average molecular weight is 436 g/mol. The van der Waals surface area contributed by atoms with Gasteiger partial charge in [-0.25, -0.2) is 4.39 Å². The molecule has 1 aliphatic rings. The SMILES string of the molecule is COC(=O)C1CCN(C(=O)c2ccc(Oc3ccc(Br)cc3)c(F)c2)CC1. The largest absolute Gasteiger partial charge is 0.469 e. The van der Waals surface area contributed by atoms with Crippen LogP contribution >= 0.6 is 15.9 Å². The fraction of sp³-hybridized carbons (Fsp3) is 0.300. The Morgan fingerprint density at radius 1 is 1.11 bits per heavy atom. The summed E-state index contributed by atoms with van der Waals surface area (Å²) in [5.41, 5.74) is 0.257. The number of hydrogen-bond donors (Lipinski definition) is 0. The third-order valence-corrected chi connectivity index (χ3v) is 5.07. The quantitative estimate of drug-likeness (QED) is 0.667. The molecule has 3 rings (SSSR count). The Kier molecular flexibility index (Phi) is 6.11. The standard InChI is InChI=1S/C20H19BrFNO4/c1-26-20(25)13-8-10-23(11-9-13)19(24)14-2-7-18(17(22)12-14)27-16-5-3-15(21)4-6-16/h2-7,12-13H,8-11H2,1H3. The number of benzene rings is 2. The fourth-order valence-corrected chi connectivity index (χ4v) is 3.28. The van der Waals surface area contributed by atoms with E-state index in [2.05, 4.69) is 15.9 Å². The van der Waals surface area contributed by atoms with E-state index in [1.807, 2.05) is 0 Å². The number of methoxy groups -OCH3 is 1. The Labute approximate surface area is 165 Å². The molecule has 1 amide bonds. The van der Waals surface area contributed by atoms with Gasteiger partial charge in [-0.05, 0) is 55.3 Å². The van der Waals surface area contributed by atoms with Crippen LogP contribution in [0.5, 0.6) is 11.5 Å². The van der Waals surface area contributed by atoms with Gasteiger partial charge >= 0.3 is 5.97 Å². The Hall–Kier alpha value is -2.41. The van der Waals surface area contributed by atoms with Gasteiger partial charge in [0.15, 0.2) is 11.6 Å².